The summed E-state index contributed by atoms with van der Waals surface area (Å²) in [6.07, 6.45) is -3.37. The Balaban J connectivity index is 1.64. The van der Waals surface area contributed by atoms with Gasteiger partial charge in [0, 0.05) is 11.1 Å². The minimum absolute atomic E-state index is 0.0624. The Morgan fingerprint density at radius 1 is 1.08 bits per heavy atom. The van der Waals surface area contributed by atoms with Gasteiger partial charge in [-0.2, -0.15) is 13.2 Å². The highest BCUT2D eigenvalue weighted by Crippen LogP contribution is 2.34. The quantitative estimate of drug-likeness (QED) is 0.282. The second kappa shape index (κ2) is 10.2. The Morgan fingerprint density at radius 2 is 1.78 bits per heavy atom. The number of aromatic nitrogens is 1. The molecular formula is C29H26F3NO4. The molecule has 0 fully saturated rings. The summed E-state index contributed by atoms with van der Waals surface area (Å²) >= 11 is 0. The zero-order valence-electron chi connectivity index (χ0n) is 20.6. The molecule has 0 spiro atoms. The molecule has 2 heterocycles. The van der Waals surface area contributed by atoms with Crippen LogP contribution in [0.5, 0.6) is 0 Å². The van der Waals surface area contributed by atoms with Crippen LogP contribution in [0.4, 0.5) is 13.2 Å². The van der Waals surface area contributed by atoms with E-state index in [0.717, 1.165) is 22.8 Å². The second-order valence-corrected chi connectivity index (χ2v) is 9.28. The van der Waals surface area contributed by atoms with Crippen molar-refractivity contribution >= 4 is 16.9 Å². The number of hydrogen-bond donors (Lipinski definition) is 1. The maximum atomic E-state index is 13.2. The van der Waals surface area contributed by atoms with Crippen LogP contribution >= 0.6 is 0 Å². The minimum Gasteiger partial charge on any atom is -0.477 e. The number of aromatic carboxylic acids is 1. The number of pyridine rings is 1. The molecule has 0 radical (unpaired) electrons. The van der Waals surface area contributed by atoms with Crippen LogP contribution in [0.3, 0.4) is 0 Å². The zero-order valence-corrected chi connectivity index (χ0v) is 20.6. The summed E-state index contributed by atoms with van der Waals surface area (Å²) < 4.78 is 45.2. The fourth-order valence-electron chi connectivity index (χ4n) is 4.59. The Morgan fingerprint density at radius 3 is 2.43 bits per heavy atom. The fourth-order valence-corrected chi connectivity index (χ4v) is 4.59. The number of halogens is 3. The van der Waals surface area contributed by atoms with Crippen LogP contribution in [0, 0.1) is 13.8 Å². The third kappa shape index (κ3) is 5.43. The van der Waals surface area contributed by atoms with Crippen LogP contribution in [0.25, 0.3) is 22.3 Å². The van der Waals surface area contributed by atoms with E-state index in [1.54, 1.807) is 6.92 Å². The van der Waals surface area contributed by atoms with Gasteiger partial charge in [-0.05, 0) is 67.9 Å². The maximum Gasteiger partial charge on any atom is 0.433 e. The van der Waals surface area contributed by atoms with Crippen molar-refractivity contribution in [3.8, 4) is 11.3 Å². The molecular weight excluding hydrogens is 483 g/mol. The summed E-state index contributed by atoms with van der Waals surface area (Å²) in [5, 5.41) is 9.89. The molecule has 0 aliphatic heterocycles. The summed E-state index contributed by atoms with van der Waals surface area (Å²) in [4.78, 5) is 28.1. The number of rotatable bonds is 7. The first-order valence-electron chi connectivity index (χ1n) is 11.9. The molecule has 1 unspecified atom stereocenters. The number of carbonyl (C=O) groups is 1. The van der Waals surface area contributed by atoms with E-state index in [4.69, 9.17) is 4.42 Å². The van der Waals surface area contributed by atoms with Gasteiger partial charge < -0.3 is 9.52 Å². The lowest BCUT2D eigenvalue weighted by atomic mass is 9.90. The first kappa shape index (κ1) is 26.1. The number of benzene rings is 2. The Hall–Kier alpha value is -3.94. The molecule has 1 atom stereocenters. The molecule has 2 aromatic carbocycles. The van der Waals surface area contributed by atoms with Gasteiger partial charge in [0.1, 0.15) is 17.0 Å². The number of aryl methyl sites for hydroxylation is 2. The van der Waals surface area contributed by atoms with Gasteiger partial charge in [0.25, 0.3) is 0 Å². The number of nitrogens with zero attached hydrogens (tertiary/aromatic N) is 1. The smallest absolute Gasteiger partial charge is 0.433 e. The number of fused-ring (bicyclic) bond motifs is 1. The van der Waals surface area contributed by atoms with Crippen molar-refractivity contribution in [2.45, 2.75) is 52.1 Å². The summed E-state index contributed by atoms with van der Waals surface area (Å²) in [6.45, 7) is 5.64. The van der Waals surface area contributed by atoms with Gasteiger partial charge >= 0.3 is 12.1 Å². The third-order valence-corrected chi connectivity index (χ3v) is 6.51. The van der Waals surface area contributed by atoms with Crippen molar-refractivity contribution in [3.63, 3.8) is 0 Å². The summed E-state index contributed by atoms with van der Waals surface area (Å²) in [5.74, 6) is -1.05. The van der Waals surface area contributed by atoms with E-state index in [9.17, 15) is 27.9 Å². The predicted octanol–water partition coefficient (Wildman–Crippen LogP) is 7.32. The first-order chi connectivity index (χ1) is 17.5. The van der Waals surface area contributed by atoms with Crippen molar-refractivity contribution < 1.29 is 27.5 Å². The monoisotopic (exact) mass is 509 g/mol. The van der Waals surface area contributed by atoms with Gasteiger partial charge in [-0.15, -0.1) is 0 Å². The molecule has 1 N–H and O–H groups in total. The van der Waals surface area contributed by atoms with E-state index in [2.05, 4.69) is 4.98 Å². The molecule has 4 aromatic rings. The van der Waals surface area contributed by atoms with Gasteiger partial charge in [-0.3, -0.25) is 4.79 Å². The van der Waals surface area contributed by atoms with Crippen molar-refractivity contribution in [1.29, 1.82) is 0 Å². The molecule has 0 bridgehead atoms. The molecule has 4 rings (SSSR count). The average molecular weight is 510 g/mol. The Kier molecular flexibility index (Phi) is 7.21. The van der Waals surface area contributed by atoms with Crippen molar-refractivity contribution in [1.82, 2.24) is 4.98 Å². The lowest BCUT2D eigenvalue weighted by Gasteiger charge is -2.17. The topological polar surface area (TPSA) is 80.4 Å². The summed E-state index contributed by atoms with van der Waals surface area (Å²) in [7, 11) is 0. The zero-order chi connectivity index (χ0) is 26.9. The van der Waals surface area contributed by atoms with Gasteiger partial charge in [0.2, 0.25) is 0 Å². The predicted molar refractivity (Wildman–Crippen MR) is 135 cm³/mol. The normalized spacial score (nSPS) is 12.6. The minimum atomic E-state index is -4.72. The number of alkyl halides is 3. The largest absolute Gasteiger partial charge is 0.477 e. The van der Waals surface area contributed by atoms with E-state index < -0.39 is 23.5 Å². The number of carboxylic acids is 1. The molecule has 8 heteroatoms. The van der Waals surface area contributed by atoms with Crippen LogP contribution < -0.4 is 5.43 Å². The molecule has 192 valence electrons. The highest BCUT2D eigenvalue weighted by Gasteiger charge is 2.33. The summed E-state index contributed by atoms with van der Waals surface area (Å²) in [5.41, 5.74) is 1.93. The van der Waals surface area contributed by atoms with E-state index >= 15 is 0 Å². The van der Waals surface area contributed by atoms with E-state index in [1.165, 1.54) is 6.07 Å². The average Bonchev–Trinajstić information content (AvgIpc) is 2.85. The second-order valence-electron chi connectivity index (χ2n) is 9.28. The fraction of sp³-hybridized carbons (Fsp3) is 0.276. The molecule has 0 aliphatic rings. The van der Waals surface area contributed by atoms with E-state index in [-0.39, 0.29) is 23.3 Å². The van der Waals surface area contributed by atoms with Gasteiger partial charge in [0.05, 0.1) is 5.39 Å². The number of carboxylic acid groups (broad SMARTS) is 1. The maximum absolute atomic E-state index is 13.2. The van der Waals surface area contributed by atoms with Crippen LogP contribution in [0.2, 0.25) is 0 Å². The highest BCUT2D eigenvalue weighted by atomic mass is 19.4. The van der Waals surface area contributed by atoms with Crippen LogP contribution in [0.1, 0.15) is 64.1 Å². The van der Waals surface area contributed by atoms with E-state index in [1.807, 2.05) is 56.3 Å². The van der Waals surface area contributed by atoms with Crippen LogP contribution in [0.15, 0.2) is 63.8 Å². The lowest BCUT2D eigenvalue weighted by molar-refractivity contribution is -0.141. The standard InChI is InChI=1S/C29H26F3NO4/c1-16-14-21(27-22(15-16)25(34)18(3)26(37-27)20-9-5-4-6-10-20)17(2)8-7-11-19-12-13-23(29(30,31)32)33-24(19)28(35)36/h4-6,9-10,12-15,17H,7-8,11H2,1-3H3,(H,35,36). The van der Waals surface area contributed by atoms with Gasteiger partial charge in [-0.25, -0.2) is 9.78 Å². The molecule has 37 heavy (non-hydrogen) atoms. The molecule has 2 aromatic heterocycles. The lowest BCUT2D eigenvalue weighted by Crippen LogP contribution is -2.14. The van der Waals surface area contributed by atoms with Crippen LogP contribution in [-0.2, 0) is 12.6 Å². The van der Waals surface area contributed by atoms with Crippen molar-refractivity contribution in [3.05, 3.63) is 98.5 Å². The molecule has 0 aliphatic carbocycles. The van der Waals surface area contributed by atoms with Gasteiger partial charge in [-0.1, -0.05) is 49.4 Å². The molecule has 5 nitrogen and oxygen atoms in total. The molecule has 0 saturated carbocycles. The van der Waals surface area contributed by atoms with Crippen molar-refractivity contribution in [2.24, 2.45) is 0 Å². The van der Waals surface area contributed by atoms with Crippen molar-refractivity contribution in [2.75, 3.05) is 0 Å². The first-order valence-corrected chi connectivity index (χ1v) is 11.9. The highest BCUT2D eigenvalue weighted by molar-refractivity contribution is 5.87. The molecule has 0 saturated heterocycles. The van der Waals surface area contributed by atoms with Crippen LogP contribution in [-0.4, -0.2) is 16.1 Å². The molecule has 0 amide bonds. The third-order valence-electron chi connectivity index (χ3n) is 6.51. The van der Waals surface area contributed by atoms with Gasteiger partial charge in [0.15, 0.2) is 11.1 Å². The van der Waals surface area contributed by atoms with E-state index in [0.29, 0.717) is 35.1 Å². The SMILES string of the molecule is Cc1cc(C(C)CCCc2ccc(C(F)(F)F)nc2C(=O)O)c2oc(-c3ccccc3)c(C)c(=O)c2c1. The Bertz CT molecular complexity index is 1520. The summed E-state index contributed by atoms with van der Waals surface area (Å²) in [6, 6.07) is 15.2. The Labute approximate surface area is 211 Å². The number of hydrogen-bond acceptors (Lipinski definition) is 4.